The van der Waals surface area contributed by atoms with Crippen LogP contribution < -0.4 is 0 Å². The molecule has 88 valence electrons. The van der Waals surface area contributed by atoms with Crippen molar-refractivity contribution >= 4 is 23.4 Å². The lowest BCUT2D eigenvalue weighted by Crippen LogP contribution is -1.86. The van der Waals surface area contributed by atoms with E-state index in [2.05, 4.69) is 0 Å². The van der Waals surface area contributed by atoms with Crippen molar-refractivity contribution < 1.29 is 9.50 Å². The summed E-state index contributed by atoms with van der Waals surface area (Å²) < 4.78 is 13.2. The Hall–Kier alpha value is -1.19. The van der Waals surface area contributed by atoms with Gasteiger partial charge in [-0.15, -0.1) is 11.8 Å². The first-order valence-electron chi connectivity index (χ1n) is 5.01. The summed E-state index contributed by atoms with van der Waals surface area (Å²) in [7, 11) is 0. The summed E-state index contributed by atoms with van der Waals surface area (Å²) in [6.45, 7) is 0. The molecule has 0 radical (unpaired) electrons. The first-order valence-corrected chi connectivity index (χ1v) is 6.38. The highest BCUT2D eigenvalue weighted by molar-refractivity contribution is 7.98. The molecule has 0 atom stereocenters. The number of halogens is 2. The molecule has 0 amide bonds. The molecule has 1 N–H and O–H groups in total. The third kappa shape index (κ3) is 3.14. The molecular weight excluding hydrogens is 259 g/mol. The second-order valence-corrected chi connectivity index (χ2v) is 4.93. The van der Waals surface area contributed by atoms with Gasteiger partial charge in [0.05, 0.1) is 5.02 Å². The number of phenolic OH excluding ortho intramolecular Hbond substituents is 1. The maximum atomic E-state index is 13.2. The topological polar surface area (TPSA) is 20.2 Å². The molecule has 2 aromatic carbocycles. The van der Waals surface area contributed by atoms with Crippen LogP contribution in [-0.2, 0) is 5.75 Å². The van der Waals surface area contributed by atoms with Crippen molar-refractivity contribution in [3.05, 3.63) is 58.9 Å². The molecule has 17 heavy (non-hydrogen) atoms. The largest absolute Gasteiger partial charge is 0.508 e. The van der Waals surface area contributed by atoms with Crippen LogP contribution >= 0.6 is 23.4 Å². The molecule has 0 spiro atoms. The standard InChI is InChI=1S/C13H10ClFOS/c14-13-9(3-1-6-12(13)15)8-17-11-5-2-4-10(16)7-11/h1-7,16H,8H2. The van der Waals surface area contributed by atoms with Gasteiger partial charge in [0.25, 0.3) is 0 Å². The lowest BCUT2D eigenvalue weighted by molar-refractivity contribution is 0.474. The van der Waals surface area contributed by atoms with Crippen LogP contribution in [0, 0.1) is 5.82 Å². The van der Waals surface area contributed by atoms with Crippen LogP contribution in [0.1, 0.15) is 5.56 Å². The van der Waals surface area contributed by atoms with E-state index in [1.165, 1.54) is 17.8 Å². The molecule has 0 heterocycles. The van der Waals surface area contributed by atoms with Gasteiger partial charge in [-0.25, -0.2) is 4.39 Å². The molecule has 0 saturated heterocycles. The molecule has 0 aliphatic heterocycles. The zero-order valence-electron chi connectivity index (χ0n) is 8.86. The van der Waals surface area contributed by atoms with E-state index in [1.807, 2.05) is 6.07 Å². The van der Waals surface area contributed by atoms with Crippen molar-refractivity contribution in [3.63, 3.8) is 0 Å². The zero-order valence-corrected chi connectivity index (χ0v) is 10.4. The van der Waals surface area contributed by atoms with Gasteiger partial charge in [-0.2, -0.15) is 0 Å². The second-order valence-electron chi connectivity index (χ2n) is 3.50. The van der Waals surface area contributed by atoms with E-state index in [0.29, 0.717) is 5.75 Å². The quantitative estimate of drug-likeness (QED) is 0.829. The average Bonchev–Trinajstić information content (AvgIpc) is 2.31. The van der Waals surface area contributed by atoms with Crippen LogP contribution in [0.2, 0.25) is 5.02 Å². The van der Waals surface area contributed by atoms with Gasteiger partial charge in [-0.05, 0) is 29.8 Å². The normalized spacial score (nSPS) is 10.5. The van der Waals surface area contributed by atoms with Gasteiger partial charge in [0.1, 0.15) is 11.6 Å². The number of thioether (sulfide) groups is 1. The Bertz CT molecular complexity index is 531. The molecule has 2 rings (SSSR count). The first kappa shape index (κ1) is 12.3. The van der Waals surface area contributed by atoms with Crippen molar-refractivity contribution in [1.82, 2.24) is 0 Å². The Kier molecular flexibility index (Phi) is 3.92. The lowest BCUT2D eigenvalue weighted by atomic mass is 10.2. The van der Waals surface area contributed by atoms with E-state index >= 15 is 0 Å². The molecule has 0 aliphatic rings. The maximum Gasteiger partial charge on any atom is 0.142 e. The SMILES string of the molecule is Oc1cccc(SCc2cccc(F)c2Cl)c1. The Labute approximate surface area is 108 Å². The van der Waals surface area contributed by atoms with Crippen molar-refractivity contribution in [2.45, 2.75) is 10.6 Å². The van der Waals surface area contributed by atoms with Crippen LogP contribution in [0.3, 0.4) is 0 Å². The van der Waals surface area contributed by atoms with Crippen LogP contribution in [-0.4, -0.2) is 5.11 Å². The van der Waals surface area contributed by atoms with Crippen LogP contribution in [0.5, 0.6) is 5.75 Å². The summed E-state index contributed by atoms with van der Waals surface area (Å²) in [5.74, 6) is 0.390. The zero-order chi connectivity index (χ0) is 12.3. The van der Waals surface area contributed by atoms with Crippen LogP contribution in [0.15, 0.2) is 47.4 Å². The van der Waals surface area contributed by atoms with Gasteiger partial charge >= 0.3 is 0 Å². The van der Waals surface area contributed by atoms with Crippen molar-refractivity contribution in [2.75, 3.05) is 0 Å². The predicted molar refractivity (Wildman–Crippen MR) is 69.1 cm³/mol. The molecular formula is C13H10ClFOS. The monoisotopic (exact) mass is 268 g/mol. The van der Waals surface area contributed by atoms with Crippen LogP contribution in [0.25, 0.3) is 0 Å². The summed E-state index contributed by atoms with van der Waals surface area (Å²) in [5.41, 5.74) is 0.750. The average molecular weight is 269 g/mol. The molecule has 4 heteroatoms. The van der Waals surface area contributed by atoms with Crippen molar-refractivity contribution in [2.24, 2.45) is 0 Å². The molecule has 0 unspecified atom stereocenters. The lowest BCUT2D eigenvalue weighted by Gasteiger charge is -2.05. The van der Waals surface area contributed by atoms with E-state index < -0.39 is 5.82 Å². The smallest absolute Gasteiger partial charge is 0.142 e. The molecule has 0 aromatic heterocycles. The third-order valence-electron chi connectivity index (χ3n) is 2.24. The fourth-order valence-corrected chi connectivity index (χ4v) is 2.61. The van der Waals surface area contributed by atoms with E-state index in [4.69, 9.17) is 11.6 Å². The minimum absolute atomic E-state index is 0.167. The minimum Gasteiger partial charge on any atom is -0.508 e. The highest BCUT2D eigenvalue weighted by atomic mass is 35.5. The van der Waals surface area contributed by atoms with E-state index in [0.717, 1.165) is 10.5 Å². The maximum absolute atomic E-state index is 13.2. The van der Waals surface area contributed by atoms with E-state index in [1.54, 1.807) is 30.3 Å². The molecule has 0 aliphatic carbocycles. The van der Waals surface area contributed by atoms with Crippen LogP contribution in [0.4, 0.5) is 4.39 Å². The van der Waals surface area contributed by atoms with E-state index in [-0.39, 0.29) is 10.8 Å². The second kappa shape index (κ2) is 5.43. The van der Waals surface area contributed by atoms with Gasteiger partial charge in [0, 0.05) is 10.6 Å². The van der Waals surface area contributed by atoms with Gasteiger partial charge < -0.3 is 5.11 Å². The van der Waals surface area contributed by atoms with E-state index in [9.17, 15) is 9.50 Å². The van der Waals surface area contributed by atoms with Gasteiger partial charge in [-0.1, -0.05) is 29.8 Å². The summed E-state index contributed by atoms with van der Waals surface area (Å²) in [5, 5.41) is 9.48. The van der Waals surface area contributed by atoms with Crippen molar-refractivity contribution in [3.8, 4) is 5.75 Å². The molecule has 0 fully saturated rings. The fraction of sp³-hybridized carbons (Fsp3) is 0.0769. The summed E-state index contributed by atoms with van der Waals surface area (Å²) in [6.07, 6.45) is 0. The number of hydrogen-bond donors (Lipinski definition) is 1. The van der Waals surface area contributed by atoms with Gasteiger partial charge in [-0.3, -0.25) is 0 Å². The number of hydrogen-bond acceptors (Lipinski definition) is 2. The van der Waals surface area contributed by atoms with Gasteiger partial charge in [0.15, 0.2) is 0 Å². The number of aromatic hydroxyl groups is 1. The number of phenols is 1. The molecule has 0 bridgehead atoms. The molecule has 2 aromatic rings. The minimum atomic E-state index is -0.402. The molecule has 1 nitrogen and oxygen atoms in total. The summed E-state index contributed by atoms with van der Waals surface area (Å²) in [4.78, 5) is 0.922. The Morgan fingerprint density at radius 2 is 1.94 bits per heavy atom. The third-order valence-corrected chi connectivity index (χ3v) is 3.71. The fourth-order valence-electron chi connectivity index (χ4n) is 1.39. The number of rotatable bonds is 3. The van der Waals surface area contributed by atoms with Crippen molar-refractivity contribution in [1.29, 1.82) is 0 Å². The Morgan fingerprint density at radius 1 is 1.18 bits per heavy atom. The highest BCUT2D eigenvalue weighted by Crippen LogP contribution is 2.29. The summed E-state index contributed by atoms with van der Waals surface area (Å²) in [6, 6.07) is 11.7. The van der Waals surface area contributed by atoms with Gasteiger partial charge in [0.2, 0.25) is 0 Å². The number of benzene rings is 2. The molecule has 0 saturated carbocycles. The Balaban J connectivity index is 2.10. The first-order chi connectivity index (χ1) is 8.16. The Morgan fingerprint density at radius 3 is 2.71 bits per heavy atom. The summed E-state index contributed by atoms with van der Waals surface area (Å²) >= 11 is 7.35. The predicted octanol–water partition coefficient (Wildman–Crippen LogP) is 4.48. The highest BCUT2D eigenvalue weighted by Gasteiger charge is 2.06.